The van der Waals surface area contributed by atoms with Gasteiger partial charge in [0, 0.05) is 19.3 Å². The van der Waals surface area contributed by atoms with E-state index in [0.29, 0.717) is 26.1 Å². The molecule has 0 aliphatic heterocycles. The normalized spacial score (nSPS) is 11.8. The SMILES string of the molecule is NCCCn1cc(S(=O)(=O)NCCc2ccsc2)cn1. The number of thiophene rings is 1. The molecule has 0 bridgehead atoms. The van der Waals surface area contributed by atoms with Gasteiger partial charge < -0.3 is 5.73 Å². The maximum Gasteiger partial charge on any atom is 0.243 e. The van der Waals surface area contributed by atoms with E-state index >= 15 is 0 Å². The highest BCUT2D eigenvalue weighted by Gasteiger charge is 2.15. The van der Waals surface area contributed by atoms with Crippen LogP contribution in [-0.2, 0) is 23.0 Å². The number of rotatable bonds is 8. The van der Waals surface area contributed by atoms with E-state index in [4.69, 9.17) is 5.73 Å². The summed E-state index contributed by atoms with van der Waals surface area (Å²) in [6, 6.07) is 1.99. The minimum Gasteiger partial charge on any atom is -0.330 e. The van der Waals surface area contributed by atoms with Gasteiger partial charge in [-0.25, -0.2) is 13.1 Å². The van der Waals surface area contributed by atoms with Crippen LogP contribution in [0.5, 0.6) is 0 Å². The maximum absolute atomic E-state index is 12.1. The highest BCUT2D eigenvalue weighted by Crippen LogP contribution is 2.09. The Morgan fingerprint density at radius 2 is 2.30 bits per heavy atom. The average molecular weight is 314 g/mol. The molecule has 0 fully saturated rings. The van der Waals surface area contributed by atoms with Gasteiger partial charge in [-0.15, -0.1) is 0 Å². The molecule has 0 amide bonds. The van der Waals surface area contributed by atoms with Crippen molar-refractivity contribution in [3.05, 3.63) is 34.8 Å². The van der Waals surface area contributed by atoms with Gasteiger partial charge in [0.2, 0.25) is 10.0 Å². The summed E-state index contributed by atoms with van der Waals surface area (Å²) in [6.07, 6.45) is 4.35. The lowest BCUT2D eigenvalue weighted by Crippen LogP contribution is -2.25. The van der Waals surface area contributed by atoms with Crippen LogP contribution in [0.2, 0.25) is 0 Å². The van der Waals surface area contributed by atoms with Gasteiger partial charge in [0.05, 0.1) is 6.20 Å². The average Bonchev–Trinajstić information content (AvgIpc) is 3.07. The largest absolute Gasteiger partial charge is 0.330 e. The molecule has 0 aromatic carbocycles. The molecule has 2 aromatic rings. The van der Waals surface area contributed by atoms with Crippen LogP contribution >= 0.6 is 11.3 Å². The van der Waals surface area contributed by atoms with Crippen LogP contribution in [0.3, 0.4) is 0 Å². The van der Waals surface area contributed by atoms with Crippen molar-refractivity contribution in [2.45, 2.75) is 24.3 Å². The summed E-state index contributed by atoms with van der Waals surface area (Å²) in [5.74, 6) is 0. The van der Waals surface area contributed by atoms with Gasteiger partial charge >= 0.3 is 0 Å². The number of nitrogens with zero attached hydrogens (tertiary/aromatic N) is 2. The Hall–Kier alpha value is -1.22. The predicted molar refractivity (Wildman–Crippen MR) is 79.1 cm³/mol. The number of hydrogen-bond donors (Lipinski definition) is 2. The lowest BCUT2D eigenvalue weighted by atomic mass is 10.2. The van der Waals surface area contributed by atoms with Gasteiger partial charge in [0.1, 0.15) is 4.90 Å². The first-order valence-corrected chi connectivity index (χ1v) is 8.77. The Bertz CT molecular complexity index is 620. The highest BCUT2D eigenvalue weighted by molar-refractivity contribution is 7.89. The molecule has 8 heteroatoms. The number of aryl methyl sites for hydroxylation is 1. The fourth-order valence-corrected chi connectivity index (χ4v) is 3.39. The standard InChI is InChI=1S/C12H18N4O2S2/c13-4-1-6-16-9-12(8-14-16)20(17,18)15-5-2-11-3-7-19-10-11/h3,7-10,15H,1-2,4-6,13H2. The third kappa shape index (κ3) is 4.14. The smallest absolute Gasteiger partial charge is 0.243 e. The van der Waals surface area contributed by atoms with E-state index in [1.165, 1.54) is 12.4 Å². The fourth-order valence-electron chi connectivity index (χ4n) is 1.71. The molecule has 3 N–H and O–H groups in total. The molecule has 0 unspecified atom stereocenters. The van der Waals surface area contributed by atoms with Crippen molar-refractivity contribution >= 4 is 21.4 Å². The minimum atomic E-state index is -3.48. The molecule has 6 nitrogen and oxygen atoms in total. The van der Waals surface area contributed by atoms with Crippen LogP contribution in [0.25, 0.3) is 0 Å². The molecular weight excluding hydrogens is 296 g/mol. The van der Waals surface area contributed by atoms with E-state index in [9.17, 15) is 8.42 Å². The molecule has 0 radical (unpaired) electrons. The second kappa shape index (κ2) is 6.98. The van der Waals surface area contributed by atoms with Crippen molar-refractivity contribution in [1.82, 2.24) is 14.5 Å². The quantitative estimate of drug-likeness (QED) is 0.754. The van der Waals surface area contributed by atoms with Gasteiger partial charge in [-0.05, 0) is 41.8 Å². The summed E-state index contributed by atoms with van der Waals surface area (Å²) in [4.78, 5) is 0.194. The first-order chi connectivity index (χ1) is 9.62. The zero-order valence-electron chi connectivity index (χ0n) is 11.0. The minimum absolute atomic E-state index is 0.194. The van der Waals surface area contributed by atoms with Gasteiger partial charge in [0.25, 0.3) is 0 Å². The molecule has 2 heterocycles. The summed E-state index contributed by atoms with van der Waals surface area (Å²) < 4.78 is 28.3. The van der Waals surface area contributed by atoms with Crippen LogP contribution in [-0.4, -0.2) is 31.3 Å². The van der Waals surface area contributed by atoms with Crippen molar-refractivity contribution in [2.75, 3.05) is 13.1 Å². The Morgan fingerprint density at radius 3 is 3.00 bits per heavy atom. The molecule has 110 valence electrons. The first kappa shape index (κ1) is 15.2. The Kier molecular flexibility index (Phi) is 5.30. The summed E-state index contributed by atoms with van der Waals surface area (Å²) in [7, 11) is -3.48. The van der Waals surface area contributed by atoms with Crippen LogP contribution < -0.4 is 10.5 Å². The third-order valence-electron chi connectivity index (χ3n) is 2.80. The molecular formula is C12H18N4O2S2. The van der Waals surface area contributed by atoms with E-state index in [-0.39, 0.29) is 4.90 Å². The van der Waals surface area contributed by atoms with Crippen molar-refractivity contribution in [2.24, 2.45) is 5.73 Å². The zero-order valence-corrected chi connectivity index (χ0v) is 12.7. The van der Waals surface area contributed by atoms with Crippen molar-refractivity contribution in [3.63, 3.8) is 0 Å². The van der Waals surface area contributed by atoms with Crippen molar-refractivity contribution in [1.29, 1.82) is 0 Å². The number of aromatic nitrogens is 2. The zero-order chi connectivity index (χ0) is 14.4. The topological polar surface area (TPSA) is 90.0 Å². The molecule has 2 aromatic heterocycles. The molecule has 0 spiro atoms. The highest BCUT2D eigenvalue weighted by atomic mass is 32.2. The third-order valence-corrected chi connectivity index (χ3v) is 4.94. The second-order valence-corrected chi connectivity index (χ2v) is 6.91. The van der Waals surface area contributed by atoms with Crippen molar-refractivity contribution < 1.29 is 8.42 Å². The van der Waals surface area contributed by atoms with Crippen LogP contribution in [0, 0.1) is 0 Å². The molecule has 0 aliphatic carbocycles. The lowest BCUT2D eigenvalue weighted by molar-refractivity contribution is 0.576. The van der Waals surface area contributed by atoms with Gasteiger partial charge in [-0.2, -0.15) is 16.4 Å². The number of sulfonamides is 1. The van der Waals surface area contributed by atoms with Crippen molar-refractivity contribution in [3.8, 4) is 0 Å². The van der Waals surface area contributed by atoms with Gasteiger partial charge in [0.15, 0.2) is 0 Å². The first-order valence-electron chi connectivity index (χ1n) is 6.35. The summed E-state index contributed by atoms with van der Waals surface area (Å²) >= 11 is 1.60. The molecule has 2 rings (SSSR count). The van der Waals surface area contributed by atoms with E-state index in [2.05, 4.69) is 9.82 Å². The van der Waals surface area contributed by atoms with E-state index < -0.39 is 10.0 Å². The van der Waals surface area contributed by atoms with Crippen LogP contribution in [0.1, 0.15) is 12.0 Å². The Morgan fingerprint density at radius 1 is 1.45 bits per heavy atom. The number of nitrogens with two attached hydrogens (primary N) is 1. The van der Waals surface area contributed by atoms with Gasteiger partial charge in [-0.3, -0.25) is 4.68 Å². The van der Waals surface area contributed by atoms with E-state index in [0.717, 1.165) is 12.0 Å². The van der Waals surface area contributed by atoms with E-state index in [1.807, 2.05) is 16.8 Å². The number of hydrogen-bond acceptors (Lipinski definition) is 5. The summed E-state index contributed by atoms with van der Waals surface area (Å²) in [5.41, 5.74) is 6.55. The predicted octanol–water partition coefficient (Wildman–Crippen LogP) is 0.814. The number of nitrogens with one attached hydrogen (secondary N) is 1. The monoisotopic (exact) mass is 314 g/mol. The van der Waals surface area contributed by atoms with Gasteiger partial charge in [-0.1, -0.05) is 0 Å². The van der Waals surface area contributed by atoms with E-state index in [1.54, 1.807) is 16.0 Å². The van der Waals surface area contributed by atoms with Crippen LogP contribution in [0.15, 0.2) is 34.1 Å². The molecule has 0 atom stereocenters. The summed E-state index contributed by atoms with van der Waals surface area (Å²) in [6.45, 7) is 1.56. The molecule has 0 saturated carbocycles. The van der Waals surface area contributed by atoms with Crippen LogP contribution in [0.4, 0.5) is 0 Å². The fraction of sp³-hybridized carbons (Fsp3) is 0.417. The Labute approximate surface area is 122 Å². The maximum atomic E-state index is 12.1. The summed E-state index contributed by atoms with van der Waals surface area (Å²) in [5, 5.41) is 8.01. The Balaban J connectivity index is 1.90. The molecule has 0 saturated heterocycles. The molecule has 20 heavy (non-hydrogen) atoms. The molecule has 0 aliphatic rings. The lowest BCUT2D eigenvalue weighted by Gasteiger charge is -2.03. The second-order valence-electron chi connectivity index (χ2n) is 4.36.